The fraction of sp³-hybridized carbons (Fsp3) is 1.00. The SMILES string of the molecule is CCC(Cl)CC(Cl)CC(Cl)Cl. The van der Waals surface area contributed by atoms with Crippen LogP contribution in [0.5, 0.6) is 0 Å². The molecule has 0 aromatic rings. The molecule has 4 heteroatoms. The molecule has 0 heterocycles. The summed E-state index contributed by atoms with van der Waals surface area (Å²) in [4.78, 5) is -0.377. The second-order valence-corrected chi connectivity index (χ2v) is 4.98. The molecule has 0 aromatic carbocycles. The van der Waals surface area contributed by atoms with Crippen LogP contribution in [-0.2, 0) is 0 Å². The highest BCUT2D eigenvalue weighted by Crippen LogP contribution is 2.21. The van der Waals surface area contributed by atoms with Gasteiger partial charge in [0.05, 0.1) is 0 Å². The fourth-order valence-corrected chi connectivity index (χ4v) is 2.05. The Bertz CT molecular complexity index is 94.4. The highest BCUT2D eigenvalue weighted by atomic mass is 35.5. The van der Waals surface area contributed by atoms with Gasteiger partial charge in [0.25, 0.3) is 0 Å². The second-order valence-electron chi connectivity index (χ2n) is 2.47. The molecule has 0 aliphatic heterocycles. The molecule has 0 bridgehead atoms. The Hall–Kier alpha value is 1.16. The van der Waals surface area contributed by atoms with E-state index in [1.54, 1.807) is 0 Å². The van der Waals surface area contributed by atoms with Crippen LogP contribution < -0.4 is 0 Å². The van der Waals surface area contributed by atoms with E-state index in [0.29, 0.717) is 6.42 Å². The molecule has 0 aliphatic carbocycles. The maximum absolute atomic E-state index is 5.90. The summed E-state index contributed by atoms with van der Waals surface area (Å²) in [5, 5.41) is 0.141. The van der Waals surface area contributed by atoms with Gasteiger partial charge in [-0.05, 0) is 19.3 Å². The van der Waals surface area contributed by atoms with E-state index in [9.17, 15) is 0 Å². The third-order valence-corrected chi connectivity index (χ3v) is 2.59. The van der Waals surface area contributed by atoms with Gasteiger partial charge in [-0.1, -0.05) is 6.92 Å². The Morgan fingerprint density at radius 3 is 1.82 bits per heavy atom. The Kier molecular flexibility index (Phi) is 7.35. The number of halogens is 4. The van der Waals surface area contributed by atoms with Gasteiger partial charge in [-0.25, -0.2) is 0 Å². The van der Waals surface area contributed by atoms with Crippen LogP contribution in [0.1, 0.15) is 26.2 Å². The molecule has 68 valence electrons. The number of rotatable bonds is 5. The summed E-state index contributed by atoms with van der Waals surface area (Å²) in [5.41, 5.74) is 0. The average Bonchev–Trinajstić information content (AvgIpc) is 1.85. The van der Waals surface area contributed by atoms with Crippen molar-refractivity contribution in [3.05, 3.63) is 0 Å². The Morgan fingerprint density at radius 2 is 1.45 bits per heavy atom. The smallest absolute Gasteiger partial charge is 0.109 e. The lowest BCUT2D eigenvalue weighted by atomic mass is 10.1. The summed E-state index contributed by atoms with van der Waals surface area (Å²) in [5.74, 6) is 0. The summed E-state index contributed by atoms with van der Waals surface area (Å²) in [7, 11) is 0. The van der Waals surface area contributed by atoms with Gasteiger partial charge in [-0.3, -0.25) is 0 Å². The highest BCUT2D eigenvalue weighted by Gasteiger charge is 2.13. The Balaban J connectivity index is 3.43. The summed E-state index contributed by atoms with van der Waals surface area (Å²) in [6, 6.07) is 0. The largest absolute Gasteiger partial charge is 0.123 e. The molecule has 0 aliphatic rings. The molecule has 0 saturated heterocycles. The zero-order chi connectivity index (χ0) is 8.85. The number of hydrogen-bond donors (Lipinski definition) is 0. The van der Waals surface area contributed by atoms with Crippen LogP contribution in [0.25, 0.3) is 0 Å². The van der Waals surface area contributed by atoms with Crippen LogP contribution in [-0.4, -0.2) is 15.6 Å². The average molecular weight is 238 g/mol. The van der Waals surface area contributed by atoms with Gasteiger partial charge >= 0.3 is 0 Å². The van der Waals surface area contributed by atoms with E-state index >= 15 is 0 Å². The van der Waals surface area contributed by atoms with Gasteiger partial charge < -0.3 is 0 Å². The summed E-state index contributed by atoms with van der Waals surface area (Å²) in [6.45, 7) is 2.03. The van der Waals surface area contributed by atoms with E-state index in [0.717, 1.165) is 12.8 Å². The first-order valence-electron chi connectivity index (χ1n) is 3.62. The van der Waals surface area contributed by atoms with Crippen molar-refractivity contribution in [3.8, 4) is 0 Å². The quantitative estimate of drug-likeness (QED) is 0.629. The molecule has 0 rings (SSSR count). The van der Waals surface area contributed by atoms with Crippen molar-refractivity contribution in [2.45, 2.75) is 41.8 Å². The van der Waals surface area contributed by atoms with Crippen LogP contribution in [0.3, 0.4) is 0 Å². The molecule has 0 spiro atoms. The maximum Gasteiger partial charge on any atom is 0.109 e. The first-order valence-corrected chi connectivity index (χ1v) is 5.37. The third kappa shape index (κ3) is 7.52. The zero-order valence-corrected chi connectivity index (χ0v) is 9.39. The van der Waals surface area contributed by atoms with E-state index < -0.39 is 0 Å². The van der Waals surface area contributed by atoms with Crippen LogP contribution >= 0.6 is 46.4 Å². The predicted octanol–water partition coefficient (Wildman–Crippen LogP) is 4.20. The standard InChI is InChI=1S/C7H12Cl4/c1-2-5(8)3-6(9)4-7(10)11/h5-7H,2-4H2,1H3. The molecule has 0 aromatic heterocycles. The van der Waals surface area contributed by atoms with E-state index in [-0.39, 0.29) is 15.6 Å². The monoisotopic (exact) mass is 236 g/mol. The molecule has 0 radical (unpaired) electrons. The fourth-order valence-electron chi connectivity index (χ4n) is 0.734. The lowest BCUT2D eigenvalue weighted by Crippen LogP contribution is -2.10. The van der Waals surface area contributed by atoms with Crippen molar-refractivity contribution in [3.63, 3.8) is 0 Å². The second kappa shape index (κ2) is 6.65. The van der Waals surface area contributed by atoms with Crippen molar-refractivity contribution in [1.29, 1.82) is 0 Å². The molecule has 0 saturated carbocycles. The zero-order valence-electron chi connectivity index (χ0n) is 6.37. The van der Waals surface area contributed by atoms with Crippen molar-refractivity contribution in [2.75, 3.05) is 0 Å². The van der Waals surface area contributed by atoms with E-state index in [2.05, 4.69) is 0 Å². The normalized spacial score (nSPS) is 16.9. The molecule has 0 N–H and O–H groups in total. The minimum absolute atomic E-state index is 0.00236. The van der Waals surface area contributed by atoms with Crippen molar-refractivity contribution < 1.29 is 0 Å². The van der Waals surface area contributed by atoms with Crippen molar-refractivity contribution in [1.82, 2.24) is 0 Å². The number of alkyl halides is 4. The van der Waals surface area contributed by atoms with E-state index in [1.807, 2.05) is 6.92 Å². The Morgan fingerprint density at radius 1 is 0.909 bits per heavy atom. The van der Waals surface area contributed by atoms with E-state index in [1.165, 1.54) is 0 Å². The topological polar surface area (TPSA) is 0 Å². The van der Waals surface area contributed by atoms with Crippen molar-refractivity contribution in [2.24, 2.45) is 0 Å². The van der Waals surface area contributed by atoms with Gasteiger partial charge in [-0.2, -0.15) is 0 Å². The minimum Gasteiger partial charge on any atom is -0.123 e. The predicted molar refractivity (Wildman–Crippen MR) is 54.3 cm³/mol. The molecule has 2 unspecified atom stereocenters. The van der Waals surface area contributed by atoms with Crippen LogP contribution in [0.4, 0.5) is 0 Å². The highest BCUT2D eigenvalue weighted by molar-refractivity contribution is 6.44. The van der Waals surface area contributed by atoms with Crippen LogP contribution in [0.2, 0.25) is 0 Å². The summed E-state index contributed by atoms with van der Waals surface area (Å²) < 4.78 is 0. The van der Waals surface area contributed by atoms with Gasteiger partial charge in [0.1, 0.15) is 4.84 Å². The first kappa shape index (κ1) is 12.2. The molecule has 0 amide bonds. The number of hydrogen-bond acceptors (Lipinski definition) is 0. The van der Waals surface area contributed by atoms with Gasteiger partial charge in [0, 0.05) is 10.8 Å². The van der Waals surface area contributed by atoms with Gasteiger partial charge in [-0.15, -0.1) is 46.4 Å². The molecular formula is C7H12Cl4. The van der Waals surface area contributed by atoms with Crippen LogP contribution in [0.15, 0.2) is 0 Å². The van der Waals surface area contributed by atoms with E-state index in [4.69, 9.17) is 46.4 Å². The van der Waals surface area contributed by atoms with Crippen molar-refractivity contribution >= 4 is 46.4 Å². The summed E-state index contributed by atoms with van der Waals surface area (Å²) in [6.07, 6.45) is 2.31. The van der Waals surface area contributed by atoms with Gasteiger partial charge in [0.15, 0.2) is 0 Å². The third-order valence-electron chi connectivity index (χ3n) is 1.39. The molecule has 0 fully saturated rings. The molecule has 11 heavy (non-hydrogen) atoms. The molecular weight excluding hydrogens is 226 g/mol. The minimum atomic E-state index is -0.377. The summed E-state index contributed by atoms with van der Waals surface area (Å²) >= 11 is 22.8. The molecule has 0 nitrogen and oxygen atoms in total. The first-order chi connectivity index (χ1) is 5.06. The maximum atomic E-state index is 5.90. The van der Waals surface area contributed by atoms with Gasteiger partial charge in [0.2, 0.25) is 0 Å². The lowest BCUT2D eigenvalue weighted by molar-refractivity contribution is 0.664. The van der Waals surface area contributed by atoms with Crippen LogP contribution in [0, 0.1) is 0 Å². The Labute approximate surface area is 88.1 Å². The molecule has 2 atom stereocenters. The lowest BCUT2D eigenvalue weighted by Gasteiger charge is -2.12.